The summed E-state index contributed by atoms with van der Waals surface area (Å²) in [4.78, 5) is 0. The summed E-state index contributed by atoms with van der Waals surface area (Å²) in [5.74, 6) is 0. The molecule has 0 aliphatic heterocycles. The van der Waals surface area contributed by atoms with Gasteiger partial charge in [-0.25, -0.2) is 4.39 Å². The van der Waals surface area contributed by atoms with Gasteiger partial charge in [-0.05, 0) is 24.0 Å². The van der Waals surface area contributed by atoms with Gasteiger partial charge in [0.25, 0.3) is 0 Å². The summed E-state index contributed by atoms with van der Waals surface area (Å²) in [6.07, 6.45) is 0.682. The summed E-state index contributed by atoms with van der Waals surface area (Å²) in [5.41, 5.74) is 1.89. The van der Waals surface area contributed by atoms with Crippen LogP contribution in [0.15, 0.2) is 24.3 Å². The molecule has 0 saturated heterocycles. The maximum absolute atomic E-state index is 13.4. The van der Waals surface area contributed by atoms with Gasteiger partial charge in [0.15, 0.2) is 0 Å². The summed E-state index contributed by atoms with van der Waals surface area (Å²) >= 11 is 5.82. The molecule has 0 amide bonds. The molecule has 0 nitrogen and oxygen atoms in total. The van der Waals surface area contributed by atoms with Crippen molar-refractivity contribution in [2.24, 2.45) is 0 Å². The second kappa shape index (κ2) is 3.06. The van der Waals surface area contributed by atoms with E-state index in [1.54, 1.807) is 0 Å². The zero-order valence-electron chi connectivity index (χ0n) is 6.63. The van der Waals surface area contributed by atoms with Crippen LogP contribution in [-0.4, -0.2) is 5.38 Å². The molecular formula is C10H10ClF. The fourth-order valence-electron chi connectivity index (χ4n) is 1.67. The molecule has 0 aromatic heterocycles. The van der Waals surface area contributed by atoms with Crippen LogP contribution in [0.4, 0.5) is 4.39 Å². The van der Waals surface area contributed by atoms with Gasteiger partial charge in [-0.15, -0.1) is 11.6 Å². The van der Waals surface area contributed by atoms with Gasteiger partial charge < -0.3 is 0 Å². The molecule has 12 heavy (non-hydrogen) atoms. The highest BCUT2D eigenvalue weighted by Gasteiger charge is 2.26. The van der Waals surface area contributed by atoms with Gasteiger partial charge in [-0.2, -0.15) is 0 Å². The highest BCUT2D eigenvalue weighted by atomic mass is 35.5. The number of hydrogen-bond acceptors (Lipinski definition) is 0. The number of hydrogen-bond donors (Lipinski definition) is 0. The van der Waals surface area contributed by atoms with Crippen LogP contribution in [0.3, 0.4) is 0 Å². The van der Waals surface area contributed by atoms with E-state index in [4.69, 9.17) is 11.6 Å². The predicted molar refractivity (Wildman–Crippen MR) is 48.3 cm³/mol. The standard InChI is InChI=1S/C10H10ClF/c11-9-6-5-7-3-1-2-4-8(7)10(9)12/h1-4,9-10H,5-6H2/t9-,10-/m1/s1. The summed E-state index contributed by atoms with van der Waals surface area (Å²) in [5, 5.41) is -0.333. The third-order valence-corrected chi connectivity index (χ3v) is 2.80. The van der Waals surface area contributed by atoms with Crippen molar-refractivity contribution in [2.45, 2.75) is 24.4 Å². The third-order valence-electron chi connectivity index (χ3n) is 2.36. The molecule has 64 valence electrons. The topological polar surface area (TPSA) is 0 Å². The van der Waals surface area contributed by atoms with Crippen molar-refractivity contribution in [3.05, 3.63) is 35.4 Å². The van der Waals surface area contributed by atoms with Gasteiger partial charge in [0.05, 0.1) is 5.38 Å². The molecule has 1 aliphatic carbocycles. The highest BCUT2D eigenvalue weighted by Crippen LogP contribution is 2.35. The van der Waals surface area contributed by atoms with Gasteiger partial charge in [0, 0.05) is 0 Å². The predicted octanol–water partition coefficient (Wildman–Crippen LogP) is 3.25. The average molecular weight is 185 g/mol. The van der Waals surface area contributed by atoms with Crippen molar-refractivity contribution in [1.29, 1.82) is 0 Å². The van der Waals surface area contributed by atoms with Crippen molar-refractivity contribution in [1.82, 2.24) is 0 Å². The Labute approximate surface area is 76.4 Å². The Balaban J connectivity index is 2.42. The molecule has 0 fully saturated rings. The van der Waals surface area contributed by atoms with Gasteiger partial charge in [0.2, 0.25) is 0 Å². The second-order valence-corrected chi connectivity index (χ2v) is 3.72. The lowest BCUT2D eigenvalue weighted by atomic mass is 9.90. The molecule has 1 aromatic rings. The molecule has 2 atom stereocenters. The molecule has 2 rings (SSSR count). The zero-order chi connectivity index (χ0) is 8.55. The van der Waals surface area contributed by atoms with Crippen molar-refractivity contribution < 1.29 is 4.39 Å². The van der Waals surface area contributed by atoms with E-state index in [9.17, 15) is 4.39 Å². The van der Waals surface area contributed by atoms with Crippen molar-refractivity contribution in [3.63, 3.8) is 0 Å². The average Bonchev–Trinajstić information content (AvgIpc) is 2.12. The van der Waals surface area contributed by atoms with Gasteiger partial charge in [-0.3, -0.25) is 0 Å². The first-order valence-electron chi connectivity index (χ1n) is 4.15. The van der Waals surface area contributed by atoms with E-state index in [0.29, 0.717) is 0 Å². The van der Waals surface area contributed by atoms with Crippen LogP contribution in [0, 0.1) is 0 Å². The zero-order valence-corrected chi connectivity index (χ0v) is 7.39. The van der Waals surface area contributed by atoms with Crippen LogP contribution in [-0.2, 0) is 6.42 Å². The molecule has 0 saturated carbocycles. The van der Waals surface area contributed by atoms with E-state index >= 15 is 0 Å². The lowest BCUT2D eigenvalue weighted by Crippen LogP contribution is -2.17. The molecular weight excluding hydrogens is 175 g/mol. The Morgan fingerprint density at radius 2 is 2.08 bits per heavy atom. The van der Waals surface area contributed by atoms with E-state index < -0.39 is 6.17 Å². The van der Waals surface area contributed by atoms with Crippen LogP contribution >= 0.6 is 11.6 Å². The van der Waals surface area contributed by atoms with Gasteiger partial charge in [-0.1, -0.05) is 24.3 Å². The molecule has 0 N–H and O–H groups in total. The fraction of sp³-hybridized carbons (Fsp3) is 0.400. The number of fused-ring (bicyclic) bond motifs is 1. The largest absolute Gasteiger partial charge is 0.241 e. The SMILES string of the molecule is F[C@@H]1c2ccccc2CC[C@H]1Cl. The molecule has 0 spiro atoms. The van der Waals surface area contributed by atoms with Crippen LogP contribution < -0.4 is 0 Å². The molecule has 0 bridgehead atoms. The number of rotatable bonds is 0. The Morgan fingerprint density at radius 1 is 1.33 bits per heavy atom. The lowest BCUT2D eigenvalue weighted by molar-refractivity contribution is 0.308. The number of halogens is 2. The van der Waals surface area contributed by atoms with E-state index in [0.717, 1.165) is 24.0 Å². The van der Waals surface area contributed by atoms with Gasteiger partial charge >= 0.3 is 0 Å². The monoisotopic (exact) mass is 184 g/mol. The summed E-state index contributed by atoms with van der Waals surface area (Å²) < 4.78 is 13.4. The molecule has 0 radical (unpaired) electrons. The van der Waals surface area contributed by atoms with Crippen molar-refractivity contribution >= 4 is 11.6 Å². The van der Waals surface area contributed by atoms with E-state index in [1.165, 1.54) is 0 Å². The van der Waals surface area contributed by atoms with Crippen LogP contribution in [0.25, 0.3) is 0 Å². The second-order valence-electron chi connectivity index (χ2n) is 3.16. The van der Waals surface area contributed by atoms with Crippen LogP contribution in [0.5, 0.6) is 0 Å². The van der Waals surface area contributed by atoms with Crippen molar-refractivity contribution in [3.8, 4) is 0 Å². The Kier molecular flexibility index (Phi) is 2.05. The highest BCUT2D eigenvalue weighted by molar-refractivity contribution is 6.21. The van der Waals surface area contributed by atoms with Crippen LogP contribution in [0.2, 0.25) is 0 Å². The summed E-state index contributed by atoms with van der Waals surface area (Å²) in [7, 11) is 0. The van der Waals surface area contributed by atoms with Crippen molar-refractivity contribution in [2.75, 3.05) is 0 Å². The van der Waals surface area contributed by atoms with E-state index in [-0.39, 0.29) is 5.38 Å². The maximum atomic E-state index is 13.4. The van der Waals surface area contributed by atoms with E-state index in [2.05, 4.69) is 0 Å². The quantitative estimate of drug-likeness (QED) is 0.543. The minimum Gasteiger partial charge on any atom is -0.241 e. The molecule has 0 heterocycles. The molecule has 1 aromatic carbocycles. The fourth-order valence-corrected chi connectivity index (χ4v) is 1.91. The number of alkyl halides is 2. The lowest BCUT2D eigenvalue weighted by Gasteiger charge is -2.23. The van der Waals surface area contributed by atoms with Gasteiger partial charge in [0.1, 0.15) is 6.17 Å². The normalized spacial score (nSPS) is 28.2. The Hall–Kier alpha value is -0.560. The first kappa shape index (κ1) is 8.06. The minimum absolute atomic E-state index is 0.333. The molecule has 2 heteroatoms. The molecule has 0 unspecified atom stereocenters. The first-order chi connectivity index (χ1) is 5.79. The molecule has 1 aliphatic rings. The van der Waals surface area contributed by atoms with E-state index in [1.807, 2.05) is 24.3 Å². The smallest absolute Gasteiger partial charge is 0.142 e. The minimum atomic E-state index is -0.975. The third kappa shape index (κ3) is 1.22. The maximum Gasteiger partial charge on any atom is 0.142 e. The van der Waals surface area contributed by atoms with Crippen LogP contribution in [0.1, 0.15) is 23.7 Å². The number of aryl methyl sites for hydroxylation is 1. The Morgan fingerprint density at radius 3 is 2.92 bits per heavy atom. The number of benzene rings is 1. The first-order valence-corrected chi connectivity index (χ1v) is 4.58. The Bertz CT molecular complexity index is 285. The summed E-state index contributed by atoms with van der Waals surface area (Å²) in [6, 6.07) is 7.61. The summed E-state index contributed by atoms with van der Waals surface area (Å²) in [6.45, 7) is 0.